The molecule has 1 aliphatic rings. The topological polar surface area (TPSA) is 104 Å². The fourth-order valence-corrected chi connectivity index (χ4v) is 2.65. The van der Waals surface area contributed by atoms with Gasteiger partial charge in [0.1, 0.15) is 5.69 Å². The number of amidine groups is 1. The van der Waals surface area contributed by atoms with E-state index < -0.39 is 0 Å². The van der Waals surface area contributed by atoms with Crippen molar-refractivity contribution in [2.75, 3.05) is 19.7 Å². The summed E-state index contributed by atoms with van der Waals surface area (Å²) in [7, 11) is 0. The van der Waals surface area contributed by atoms with Crippen LogP contribution in [0.5, 0.6) is 0 Å². The Hall–Kier alpha value is -1.70. The van der Waals surface area contributed by atoms with Crippen molar-refractivity contribution in [2.24, 2.45) is 10.9 Å². The lowest BCUT2D eigenvalue weighted by Crippen LogP contribution is -2.53. The van der Waals surface area contributed by atoms with Gasteiger partial charge >= 0.3 is 0 Å². The van der Waals surface area contributed by atoms with E-state index in [0.29, 0.717) is 18.8 Å². The zero-order valence-corrected chi connectivity index (χ0v) is 12.4. The zero-order chi connectivity index (χ0) is 15.5. The minimum atomic E-state index is -0.299. The van der Waals surface area contributed by atoms with E-state index in [4.69, 9.17) is 15.7 Å². The van der Waals surface area contributed by atoms with Crippen molar-refractivity contribution in [3.63, 3.8) is 0 Å². The number of aromatic nitrogens is 1. The molecule has 0 amide bonds. The predicted molar refractivity (Wildman–Crippen MR) is 78.1 cm³/mol. The normalized spacial score (nSPS) is 23.2. The van der Waals surface area contributed by atoms with E-state index in [9.17, 15) is 5.11 Å². The van der Waals surface area contributed by atoms with Crippen LogP contribution in [0.15, 0.2) is 23.5 Å². The van der Waals surface area contributed by atoms with Crippen molar-refractivity contribution in [1.82, 2.24) is 9.88 Å². The highest BCUT2D eigenvalue weighted by Crippen LogP contribution is 2.22. The third-order valence-electron chi connectivity index (χ3n) is 3.36. The average Bonchev–Trinajstić information content (AvgIpc) is 2.45. The summed E-state index contributed by atoms with van der Waals surface area (Å²) in [6, 6.07) is 3.69. The summed E-state index contributed by atoms with van der Waals surface area (Å²) in [5, 5.41) is 21.0. The molecule has 116 valence electrons. The molecule has 21 heavy (non-hydrogen) atoms. The van der Waals surface area contributed by atoms with E-state index in [1.165, 1.54) is 0 Å². The van der Waals surface area contributed by atoms with Gasteiger partial charge in [-0.25, -0.2) is 0 Å². The first-order valence-corrected chi connectivity index (χ1v) is 6.87. The highest BCUT2D eigenvalue weighted by molar-refractivity contribution is 5.95. The molecule has 0 saturated carbocycles. The molecule has 1 fully saturated rings. The van der Waals surface area contributed by atoms with Crippen molar-refractivity contribution in [2.45, 2.75) is 32.1 Å². The van der Waals surface area contributed by atoms with Gasteiger partial charge in [-0.05, 0) is 31.5 Å². The molecule has 0 aliphatic carbocycles. The fourth-order valence-electron chi connectivity index (χ4n) is 2.65. The lowest BCUT2D eigenvalue weighted by Gasteiger charge is -2.42. The van der Waals surface area contributed by atoms with Gasteiger partial charge in [0.2, 0.25) is 0 Å². The van der Waals surface area contributed by atoms with Crippen molar-refractivity contribution in [3.05, 3.63) is 29.6 Å². The molecule has 1 atom stereocenters. The number of rotatable bonds is 4. The second kappa shape index (κ2) is 6.38. The summed E-state index contributed by atoms with van der Waals surface area (Å²) < 4.78 is 5.79. The SMILES string of the molecule is CC1(C)CN(Cc2ccnc(/C(N)=N/O)c2)CC(CO)O1. The Balaban J connectivity index is 2.10. The molecule has 1 unspecified atom stereocenters. The van der Waals surface area contributed by atoms with Crippen LogP contribution in [0.1, 0.15) is 25.1 Å². The van der Waals surface area contributed by atoms with E-state index in [1.54, 1.807) is 12.3 Å². The first-order chi connectivity index (χ1) is 9.93. The third kappa shape index (κ3) is 4.13. The number of nitrogens with zero attached hydrogens (tertiary/aromatic N) is 3. The first-order valence-electron chi connectivity index (χ1n) is 6.87. The second-order valence-corrected chi connectivity index (χ2v) is 5.89. The van der Waals surface area contributed by atoms with Crippen molar-refractivity contribution in [3.8, 4) is 0 Å². The maximum atomic E-state index is 9.33. The molecular weight excluding hydrogens is 272 g/mol. The second-order valence-electron chi connectivity index (χ2n) is 5.89. The molecule has 1 saturated heterocycles. The molecule has 0 radical (unpaired) electrons. The molecule has 1 aromatic heterocycles. The smallest absolute Gasteiger partial charge is 0.188 e. The molecule has 4 N–H and O–H groups in total. The van der Waals surface area contributed by atoms with Crippen LogP contribution in [0, 0.1) is 0 Å². The van der Waals surface area contributed by atoms with E-state index in [-0.39, 0.29) is 24.1 Å². The number of ether oxygens (including phenoxy) is 1. The molecule has 2 rings (SSSR count). The molecule has 0 aromatic carbocycles. The number of aliphatic hydroxyl groups excluding tert-OH is 1. The lowest BCUT2D eigenvalue weighted by molar-refractivity contribution is -0.150. The highest BCUT2D eigenvalue weighted by atomic mass is 16.5. The van der Waals surface area contributed by atoms with Gasteiger partial charge in [-0.1, -0.05) is 5.16 Å². The van der Waals surface area contributed by atoms with Crippen molar-refractivity contribution in [1.29, 1.82) is 0 Å². The molecule has 0 bridgehead atoms. The van der Waals surface area contributed by atoms with Crippen molar-refractivity contribution < 1.29 is 15.1 Å². The van der Waals surface area contributed by atoms with Gasteiger partial charge in [0.25, 0.3) is 0 Å². The van der Waals surface area contributed by atoms with Crippen LogP contribution in [0.3, 0.4) is 0 Å². The van der Waals surface area contributed by atoms with Crippen LogP contribution in [-0.2, 0) is 11.3 Å². The summed E-state index contributed by atoms with van der Waals surface area (Å²) in [6.07, 6.45) is 1.46. The van der Waals surface area contributed by atoms with Gasteiger partial charge < -0.3 is 20.8 Å². The number of aliphatic hydroxyl groups is 1. The van der Waals surface area contributed by atoms with E-state index in [1.807, 2.05) is 19.9 Å². The summed E-state index contributed by atoms with van der Waals surface area (Å²) in [6.45, 7) is 6.15. The fraction of sp³-hybridized carbons (Fsp3) is 0.571. The van der Waals surface area contributed by atoms with Gasteiger partial charge in [-0.3, -0.25) is 9.88 Å². The molecule has 1 aromatic rings. The van der Waals surface area contributed by atoms with E-state index in [2.05, 4.69) is 15.0 Å². The van der Waals surface area contributed by atoms with Crippen LogP contribution in [-0.4, -0.2) is 57.4 Å². The van der Waals surface area contributed by atoms with E-state index in [0.717, 1.165) is 12.1 Å². The van der Waals surface area contributed by atoms with Crippen molar-refractivity contribution >= 4 is 5.84 Å². The van der Waals surface area contributed by atoms with Gasteiger partial charge in [0.05, 0.1) is 18.3 Å². The Labute approximate surface area is 124 Å². The summed E-state index contributed by atoms with van der Waals surface area (Å²) in [5.74, 6) is -0.00704. The summed E-state index contributed by atoms with van der Waals surface area (Å²) in [5.41, 5.74) is 6.72. The molecular formula is C14H22N4O3. The monoisotopic (exact) mass is 294 g/mol. The van der Waals surface area contributed by atoms with Gasteiger partial charge in [-0.15, -0.1) is 0 Å². The molecule has 1 aliphatic heterocycles. The standard InChI is InChI=1S/C14H22N4O3/c1-14(2)9-18(7-11(8-19)21-14)6-10-3-4-16-12(5-10)13(15)17-20/h3-5,11,19-20H,6-9H2,1-2H3,(H2,15,17). The Kier molecular flexibility index (Phi) is 4.76. The number of pyridine rings is 1. The first kappa shape index (κ1) is 15.7. The number of oxime groups is 1. The van der Waals surface area contributed by atoms with Gasteiger partial charge in [0, 0.05) is 25.8 Å². The molecule has 7 nitrogen and oxygen atoms in total. The minimum absolute atomic E-state index is 0.00560. The number of nitrogens with two attached hydrogens (primary N) is 1. The average molecular weight is 294 g/mol. The minimum Gasteiger partial charge on any atom is -0.409 e. The number of hydrogen-bond acceptors (Lipinski definition) is 6. The zero-order valence-electron chi connectivity index (χ0n) is 12.4. The Morgan fingerprint density at radius 3 is 3.05 bits per heavy atom. The van der Waals surface area contributed by atoms with E-state index >= 15 is 0 Å². The third-order valence-corrected chi connectivity index (χ3v) is 3.36. The maximum Gasteiger partial charge on any atom is 0.188 e. The summed E-state index contributed by atoms with van der Waals surface area (Å²) in [4.78, 5) is 6.28. The van der Waals surface area contributed by atoms with Crippen LogP contribution >= 0.6 is 0 Å². The maximum absolute atomic E-state index is 9.33. The number of morpholine rings is 1. The number of hydrogen-bond donors (Lipinski definition) is 3. The van der Waals surface area contributed by atoms with Crippen LogP contribution < -0.4 is 5.73 Å². The molecule has 0 spiro atoms. The van der Waals surface area contributed by atoms with Gasteiger partial charge in [-0.2, -0.15) is 0 Å². The largest absolute Gasteiger partial charge is 0.409 e. The Morgan fingerprint density at radius 2 is 2.38 bits per heavy atom. The Bertz CT molecular complexity index is 519. The van der Waals surface area contributed by atoms with Crippen LogP contribution in [0.4, 0.5) is 0 Å². The summed E-state index contributed by atoms with van der Waals surface area (Å²) >= 11 is 0. The quantitative estimate of drug-likeness (QED) is 0.316. The van der Waals surface area contributed by atoms with Crippen LogP contribution in [0.2, 0.25) is 0 Å². The van der Waals surface area contributed by atoms with Crippen LogP contribution in [0.25, 0.3) is 0 Å². The highest BCUT2D eigenvalue weighted by Gasteiger charge is 2.32. The molecule has 7 heteroatoms. The predicted octanol–water partition coefficient (Wildman–Crippen LogP) is 0.148. The molecule has 2 heterocycles. The lowest BCUT2D eigenvalue weighted by atomic mass is 10.0. The van der Waals surface area contributed by atoms with Gasteiger partial charge in [0.15, 0.2) is 5.84 Å². The Morgan fingerprint density at radius 1 is 1.62 bits per heavy atom.